The highest BCUT2D eigenvalue weighted by atomic mass is 35.5. The summed E-state index contributed by atoms with van der Waals surface area (Å²) in [6.07, 6.45) is 1.79. The molecule has 116 valence electrons. The van der Waals surface area contributed by atoms with Gasteiger partial charge in [-0.15, -0.1) is 10.2 Å². The van der Waals surface area contributed by atoms with Crippen LogP contribution in [0, 0.1) is 5.92 Å². The average Bonchev–Trinajstić information content (AvgIpc) is 2.56. The van der Waals surface area contributed by atoms with Gasteiger partial charge >= 0.3 is 5.97 Å². The Morgan fingerprint density at radius 1 is 1.36 bits per heavy atom. The van der Waals surface area contributed by atoms with Gasteiger partial charge < -0.3 is 9.64 Å². The molecule has 0 bridgehead atoms. The van der Waals surface area contributed by atoms with Gasteiger partial charge in [-0.25, -0.2) is 0 Å². The molecule has 0 spiro atoms. The molecule has 2 aromatic rings. The van der Waals surface area contributed by atoms with Gasteiger partial charge in [-0.2, -0.15) is 0 Å². The Hall–Kier alpha value is -1.88. The van der Waals surface area contributed by atoms with E-state index >= 15 is 0 Å². The van der Waals surface area contributed by atoms with Crippen LogP contribution in [0.2, 0.25) is 5.15 Å². The minimum Gasteiger partial charge on any atom is -0.466 e. The summed E-state index contributed by atoms with van der Waals surface area (Å²) in [6, 6.07) is 7.80. The molecule has 0 amide bonds. The largest absolute Gasteiger partial charge is 0.466 e. The normalized spacial score (nSPS) is 18.5. The molecule has 0 radical (unpaired) electrons. The van der Waals surface area contributed by atoms with E-state index in [1.54, 1.807) is 0 Å². The van der Waals surface area contributed by atoms with Crippen molar-refractivity contribution in [2.75, 3.05) is 24.6 Å². The maximum atomic E-state index is 12.0. The molecule has 0 aliphatic carbocycles. The number of hydrogen-bond acceptors (Lipinski definition) is 5. The van der Waals surface area contributed by atoms with Gasteiger partial charge in [0.05, 0.1) is 12.5 Å². The molecule has 1 unspecified atom stereocenters. The van der Waals surface area contributed by atoms with Crippen LogP contribution >= 0.6 is 11.6 Å². The Morgan fingerprint density at radius 3 is 2.91 bits per heavy atom. The highest BCUT2D eigenvalue weighted by molar-refractivity contribution is 6.34. The number of esters is 1. The monoisotopic (exact) mass is 319 g/mol. The second-order valence-electron chi connectivity index (χ2n) is 5.40. The minimum absolute atomic E-state index is 0.107. The third-order valence-electron chi connectivity index (χ3n) is 3.96. The molecule has 5 nitrogen and oxygen atoms in total. The Balaban J connectivity index is 1.91. The second-order valence-corrected chi connectivity index (χ2v) is 5.76. The third-order valence-corrected chi connectivity index (χ3v) is 4.24. The lowest BCUT2D eigenvalue weighted by Crippen LogP contribution is -2.40. The van der Waals surface area contributed by atoms with Crippen LogP contribution in [0.3, 0.4) is 0 Å². The zero-order valence-electron chi connectivity index (χ0n) is 12.5. The first kappa shape index (κ1) is 15.0. The van der Waals surface area contributed by atoms with Gasteiger partial charge in [-0.05, 0) is 19.8 Å². The molecule has 2 heterocycles. The predicted octanol–water partition coefficient (Wildman–Crippen LogP) is 3.06. The van der Waals surface area contributed by atoms with E-state index in [2.05, 4.69) is 15.1 Å². The van der Waals surface area contributed by atoms with Crippen molar-refractivity contribution in [3.63, 3.8) is 0 Å². The maximum absolute atomic E-state index is 12.0. The molecule has 3 rings (SSSR count). The van der Waals surface area contributed by atoms with E-state index in [9.17, 15) is 4.79 Å². The van der Waals surface area contributed by atoms with Crippen molar-refractivity contribution in [3.05, 3.63) is 29.4 Å². The number of nitrogens with zero attached hydrogens (tertiary/aromatic N) is 3. The quantitative estimate of drug-likeness (QED) is 0.814. The van der Waals surface area contributed by atoms with Crippen LogP contribution in [0.15, 0.2) is 24.3 Å². The van der Waals surface area contributed by atoms with E-state index < -0.39 is 0 Å². The van der Waals surface area contributed by atoms with Crippen molar-refractivity contribution in [2.45, 2.75) is 19.8 Å². The van der Waals surface area contributed by atoms with E-state index in [1.807, 2.05) is 31.2 Å². The van der Waals surface area contributed by atoms with Crippen LogP contribution in [0.1, 0.15) is 19.8 Å². The highest BCUT2D eigenvalue weighted by Gasteiger charge is 2.28. The van der Waals surface area contributed by atoms with Crippen LogP contribution in [0.25, 0.3) is 10.8 Å². The number of benzene rings is 1. The molecular formula is C16H18ClN3O2. The van der Waals surface area contributed by atoms with Gasteiger partial charge in [0.25, 0.3) is 0 Å². The summed E-state index contributed by atoms with van der Waals surface area (Å²) in [4.78, 5) is 14.1. The van der Waals surface area contributed by atoms with E-state index in [1.165, 1.54) is 0 Å². The topological polar surface area (TPSA) is 55.3 Å². The number of carbonyl (C=O) groups is 1. The van der Waals surface area contributed by atoms with Gasteiger partial charge in [0, 0.05) is 23.9 Å². The number of carbonyl (C=O) groups excluding carboxylic acids is 1. The molecule has 0 N–H and O–H groups in total. The lowest BCUT2D eigenvalue weighted by molar-refractivity contribution is -0.148. The highest BCUT2D eigenvalue weighted by Crippen LogP contribution is 2.31. The van der Waals surface area contributed by atoms with Crippen molar-refractivity contribution in [3.8, 4) is 0 Å². The van der Waals surface area contributed by atoms with Crippen molar-refractivity contribution in [1.29, 1.82) is 0 Å². The van der Waals surface area contributed by atoms with Gasteiger partial charge in [0.15, 0.2) is 11.0 Å². The zero-order chi connectivity index (χ0) is 15.5. The van der Waals surface area contributed by atoms with Gasteiger partial charge in [0.2, 0.25) is 0 Å². The maximum Gasteiger partial charge on any atom is 0.310 e. The summed E-state index contributed by atoms with van der Waals surface area (Å²) >= 11 is 6.12. The summed E-state index contributed by atoms with van der Waals surface area (Å²) in [5.41, 5.74) is 0. The molecular weight excluding hydrogens is 302 g/mol. The Labute approximate surface area is 134 Å². The number of fused-ring (bicyclic) bond motifs is 1. The van der Waals surface area contributed by atoms with E-state index in [-0.39, 0.29) is 11.9 Å². The Kier molecular flexibility index (Phi) is 4.43. The van der Waals surface area contributed by atoms with E-state index in [0.717, 1.165) is 36.0 Å². The lowest BCUT2D eigenvalue weighted by Gasteiger charge is -2.32. The average molecular weight is 320 g/mol. The molecule has 0 saturated carbocycles. The Bertz CT molecular complexity index is 692. The fourth-order valence-electron chi connectivity index (χ4n) is 2.91. The van der Waals surface area contributed by atoms with Gasteiger partial charge in [0.1, 0.15) is 0 Å². The smallest absolute Gasteiger partial charge is 0.310 e. The number of piperidine rings is 1. The second kappa shape index (κ2) is 6.48. The molecule has 6 heteroatoms. The molecule has 1 atom stereocenters. The van der Waals surface area contributed by atoms with Crippen LogP contribution in [0.4, 0.5) is 5.82 Å². The van der Waals surface area contributed by atoms with Crippen LogP contribution in [-0.4, -0.2) is 35.9 Å². The van der Waals surface area contributed by atoms with E-state index in [4.69, 9.17) is 16.3 Å². The van der Waals surface area contributed by atoms with Crippen LogP contribution in [0.5, 0.6) is 0 Å². The lowest BCUT2D eigenvalue weighted by atomic mass is 9.98. The first-order valence-electron chi connectivity index (χ1n) is 7.53. The molecule has 1 aromatic heterocycles. The number of hydrogen-bond donors (Lipinski definition) is 0. The molecule has 22 heavy (non-hydrogen) atoms. The van der Waals surface area contributed by atoms with Crippen LogP contribution < -0.4 is 4.90 Å². The zero-order valence-corrected chi connectivity index (χ0v) is 13.2. The first-order valence-corrected chi connectivity index (χ1v) is 7.91. The summed E-state index contributed by atoms with van der Waals surface area (Å²) in [5, 5.41) is 10.6. The Morgan fingerprint density at radius 2 is 2.14 bits per heavy atom. The SMILES string of the molecule is CCOC(=O)C1CCCN(c2nnc(Cl)c3ccccc23)C1. The summed E-state index contributed by atoms with van der Waals surface area (Å²) in [5.74, 6) is 0.553. The number of anilines is 1. The molecule has 1 aliphatic heterocycles. The molecule has 1 saturated heterocycles. The first-order chi connectivity index (χ1) is 10.7. The third kappa shape index (κ3) is 2.86. The number of ether oxygens (including phenoxy) is 1. The van der Waals surface area contributed by atoms with Crippen molar-refractivity contribution in [1.82, 2.24) is 10.2 Å². The molecule has 1 fully saturated rings. The van der Waals surface area contributed by atoms with Crippen molar-refractivity contribution in [2.24, 2.45) is 5.92 Å². The van der Waals surface area contributed by atoms with Gasteiger partial charge in [-0.3, -0.25) is 4.79 Å². The fourth-order valence-corrected chi connectivity index (χ4v) is 3.12. The predicted molar refractivity (Wildman–Crippen MR) is 86.1 cm³/mol. The van der Waals surface area contributed by atoms with E-state index in [0.29, 0.717) is 18.3 Å². The fraction of sp³-hybridized carbons (Fsp3) is 0.438. The number of halogens is 1. The number of rotatable bonds is 3. The van der Waals surface area contributed by atoms with Crippen LogP contribution in [-0.2, 0) is 9.53 Å². The standard InChI is InChI=1S/C16H18ClN3O2/c1-2-22-16(21)11-6-5-9-20(10-11)15-13-8-4-3-7-12(13)14(17)18-19-15/h3-4,7-8,11H,2,5-6,9-10H2,1H3. The minimum atomic E-state index is -0.126. The summed E-state index contributed by atoms with van der Waals surface area (Å²) in [6.45, 7) is 3.71. The summed E-state index contributed by atoms with van der Waals surface area (Å²) in [7, 11) is 0. The van der Waals surface area contributed by atoms with Crippen molar-refractivity contribution >= 4 is 34.2 Å². The summed E-state index contributed by atoms with van der Waals surface area (Å²) < 4.78 is 5.15. The van der Waals surface area contributed by atoms with Crippen molar-refractivity contribution < 1.29 is 9.53 Å². The molecule has 1 aromatic carbocycles. The number of aromatic nitrogens is 2. The molecule has 1 aliphatic rings. The van der Waals surface area contributed by atoms with Gasteiger partial charge in [-0.1, -0.05) is 35.9 Å².